The topological polar surface area (TPSA) is 102 Å². The molecule has 30 heavy (non-hydrogen) atoms. The minimum atomic E-state index is -4.30. The minimum absolute atomic E-state index is 0.497. The Morgan fingerprint density at radius 2 is 1.70 bits per heavy atom. The molecular weight excluding hydrogens is 411 g/mol. The van der Waals surface area contributed by atoms with Crippen LogP contribution in [0, 0.1) is 11.7 Å². The first kappa shape index (κ1) is 23.5. The number of amides is 1. The number of hydrogen-bond donors (Lipinski definition) is 2. The second kappa shape index (κ2) is 10.3. The molecule has 0 aliphatic rings. The number of hydrogen-bond acceptors (Lipinski definition) is 5. The van der Waals surface area contributed by atoms with Gasteiger partial charge >= 0.3 is 5.97 Å². The van der Waals surface area contributed by atoms with Crippen LogP contribution in [0.1, 0.15) is 26.3 Å². The molecule has 7 nitrogen and oxygen atoms in total. The fourth-order valence-electron chi connectivity index (χ4n) is 2.60. The third kappa shape index (κ3) is 6.36. The second-order valence-corrected chi connectivity index (χ2v) is 8.66. The molecule has 0 fully saturated rings. The monoisotopic (exact) mass is 436 g/mol. The lowest BCUT2D eigenvalue weighted by Gasteiger charge is -2.21. The first-order valence-electron chi connectivity index (χ1n) is 9.46. The number of ether oxygens (including phenoxy) is 1. The Morgan fingerprint density at radius 3 is 2.27 bits per heavy atom. The van der Waals surface area contributed by atoms with E-state index in [-0.39, 0.29) is 0 Å². The lowest BCUT2D eigenvalue weighted by molar-refractivity contribution is -0.150. The first-order chi connectivity index (χ1) is 14.1. The van der Waals surface area contributed by atoms with Crippen molar-refractivity contribution in [1.82, 2.24) is 4.72 Å². The number of rotatable bonds is 9. The maximum atomic E-state index is 13.9. The number of anilines is 1. The predicted molar refractivity (Wildman–Crippen MR) is 111 cm³/mol. The molecule has 0 radical (unpaired) electrons. The number of sulfonamides is 1. The molecule has 2 rings (SSSR count). The zero-order chi connectivity index (χ0) is 22.3. The SMILES string of the molecule is CCc1ccc(NC(=O)COC(=O)[C@@H](NS(=O)(=O)c2ccccc2F)C(C)C)cc1. The van der Waals surface area contributed by atoms with E-state index in [2.05, 4.69) is 10.0 Å². The molecule has 9 heteroatoms. The van der Waals surface area contributed by atoms with Crippen LogP contribution >= 0.6 is 0 Å². The van der Waals surface area contributed by atoms with Gasteiger partial charge in [-0.1, -0.05) is 45.0 Å². The number of esters is 1. The third-order valence-corrected chi connectivity index (χ3v) is 5.79. The highest BCUT2D eigenvalue weighted by molar-refractivity contribution is 7.89. The molecule has 0 aromatic heterocycles. The van der Waals surface area contributed by atoms with Crippen LogP contribution in [-0.2, 0) is 30.8 Å². The summed E-state index contributed by atoms with van der Waals surface area (Å²) in [5.41, 5.74) is 1.66. The summed E-state index contributed by atoms with van der Waals surface area (Å²) in [7, 11) is -4.30. The lowest BCUT2D eigenvalue weighted by atomic mass is 10.1. The van der Waals surface area contributed by atoms with E-state index < -0.39 is 51.2 Å². The maximum Gasteiger partial charge on any atom is 0.324 e. The van der Waals surface area contributed by atoms with Gasteiger partial charge in [-0.25, -0.2) is 12.8 Å². The number of aryl methyl sites for hydroxylation is 1. The van der Waals surface area contributed by atoms with Gasteiger partial charge in [0, 0.05) is 5.69 Å². The zero-order valence-corrected chi connectivity index (χ0v) is 17.8. The molecule has 2 aromatic carbocycles. The summed E-state index contributed by atoms with van der Waals surface area (Å²) in [4.78, 5) is 23.9. The van der Waals surface area contributed by atoms with Gasteiger partial charge in [0.1, 0.15) is 16.8 Å². The minimum Gasteiger partial charge on any atom is -0.454 e. The lowest BCUT2D eigenvalue weighted by Crippen LogP contribution is -2.46. The molecule has 2 N–H and O–H groups in total. The number of nitrogens with one attached hydrogen (secondary N) is 2. The van der Waals surface area contributed by atoms with Crippen LogP contribution in [-0.4, -0.2) is 32.9 Å². The number of benzene rings is 2. The summed E-state index contributed by atoms with van der Waals surface area (Å²) in [5, 5.41) is 2.59. The highest BCUT2D eigenvalue weighted by Gasteiger charge is 2.31. The molecule has 0 saturated heterocycles. The van der Waals surface area contributed by atoms with Gasteiger partial charge in [0.25, 0.3) is 5.91 Å². The van der Waals surface area contributed by atoms with Crippen molar-refractivity contribution >= 4 is 27.6 Å². The number of carbonyl (C=O) groups excluding carboxylic acids is 2. The Hall–Kier alpha value is -2.78. The highest BCUT2D eigenvalue weighted by atomic mass is 32.2. The van der Waals surface area contributed by atoms with E-state index >= 15 is 0 Å². The molecule has 0 bridgehead atoms. The van der Waals surface area contributed by atoms with Crippen molar-refractivity contribution in [2.24, 2.45) is 5.92 Å². The summed E-state index contributed by atoms with van der Waals surface area (Å²) in [5.74, 6) is -2.92. The van der Waals surface area contributed by atoms with Crippen molar-refractivity contribution < 1.29 is 27.1 Å². The van der Waals surface area contributed by atoms with Crippen LogP contribution in [0.25, 0.3) is 0 Å². The summed E-state index contributed by atoms with van der Waals surface area (Å²) in [6, 6.07) is 10.8. The van der Waals surface area contributed by atoms with Crippen LogP contribution in [0.15, 0.2) is 53.4 Å². The fourth-order valence-corrected chi connectivity index (χ4v) is 4.01. The van der Waals surface area contributed by atoms with E-state index in [1.54, 1.807) is 26.0 Å². The van der Waals surface area contributed by atoms with Gasteiger partial charge in [-0.05, 0) is 42.2 Å². The average molecular weight is 437 g/mol. The van der Waals surface area contributed by atoms with Crippen LogP contribution in [0.3, 0.4) is 0 Å². The number of halogens is 1. The molecule has 0 spiro atoms. The Morgan fingerprint density at radius 1 is 1.07 bits per heavy atom. The Kier molecular flexibility index (Phi) is 8.08. The predicted octanol–water partition coefficient (Wildman–Crippen LogP) is 2.87. The van der Waals surface area contributed by atoms with Gasteiger partial charge in [-0.3, -0.25) is 9.59 Å². The molecule has 0 aliphatic carbocycles. The number of carbonyl (C=O) groups is 2. The van der Waals surface area contributed by atoms with E-state index in [0.717, 1.165) is 24.1 Å². The van der Waals surface area contributed by atoms with Gasteiger partial charge in [-0.15, -0.1) is 0 Å². The molecule has 0 aliphatic heterocycles. The molecule has 0 saturated carbocycles. The van der Waals surface area contributed by atoms with Gasteiger partial charge in [0.15, 0.2) is 6.61 Å². The molecule has 162 valence electrons. The van der Waals surface area contributed by atoms with Gasteiger partial charge in [0.2, 0.25) is 10.0 Å². The van der Waals surface area contributed by atoms with Crippen molar-refractivity contribution in [3.05, 3.63) is 59.9 Å². The molecular formula is C21H25FN2O5S. The molecule has 1 amide bonds. The normalized spacial score (nSPS) is 12.4. The maximum absolute atomic E-state index is 13.9. The smallest absolute Gasteiger partial charge is 0.324 e. The standard InChI is InChI=1S/C21H25FN2O5S/c1-4-15-9-11-16(12-10-15)23-19(25)13-29-21(26)20(14(2)3)24-30(27,28)18-8-6-5-7-17(18)22/h5-12,14,20,24H,4,13H2,1-3H3,(H,23,25)/t20-/m0/s1. The van der Waals surface area contributed by atoms with Crippen molar-refractivity contribution in [3.8, 4) is 0 Å². The van der Waals surface area contributed by atoms with E-state index in [1.165, 1.54) is 12.1 Å². The quantitative estimate of drug-likeness (QED) is 0.589. The molecule has 1 atom stereocenters. The molecule has 0 heterocycles. The van der Waals surface area contributed by atoms with E-state index in [0.29, 0.717) is 5.69 Å². The summed E-state index contributed by atoms with van der Waals surface area (Å²) in [6.45, 7) is 4.63. The first-order valence-corrected chi connectivity index (χ1v) is 10.9. The third-order valence-electron chi connectivity index (χ3n) is 4.32. The van der Waals surface area contributed by atoms with Crippen LogP contribution in [0.4, 0.5) is 10.1 Å². The van der Waals surface area contributed by atoms with Crippen molar-refractivity contribution in [3.63, 3.8) is 0 Å². The Balaban J connectivity index is 1.99. The van der Waals surface area contributed by atoms with Crippen molar-refractivity contribution in [2.75, 3.05) is 11.9 Å². The Bertz CT molecular complexity index is 991. The summed E-state index contributed by atoms with van der Waals surface area (Å²) < 4.78 is 45.9. The molecule has 2 aromatic rings. The van der Waals surface area contributed by atoms with Gasteiger partial charge in [0.05, 0.1) is 0 Å². The van der Waals surface area contributed by atoms with Crippen LogP contribution in [0.2, 0.25) is 0 Å². The average Bonchev–Trinajstić information content (AvgIpc) is 2.71. The largest absolute Gasteiger partial charge is 0.454 e. The van der Waals surface area contributed by atoms with Gasteiger partial charge in [-0.2, -0.15) is 4.72 Å². The van der Waals surface area contributed by atoms with E-state index in [1.807, 2.05) is 19.1 Å². The highest BCUT2D eigenvalue weighted by Crippen LogP contribution is 2.16. The van der Waals surface area contributed by atoms with Crippen molar-refractivity contribution in [1.29, 1.82) is 0 Å². The summed E-state index contributed by atoms with van der Waals surface area (Å²) >= 11 is 0. The molecule has 0 unspecified atom stereocenters. The van der Waals surface area contributed by atoms with Gasteiger partial charge < -0.3 is 10.1 Å². The second-order valence-electron chi connectivity index (χ2n) is 6.98. The fraction of sp³-hybridized carbons (Fsp3) is 0.333. The van der Waals surface area contributed by atoms with Crippen LogP contribution in [0.5, 0.6) is 0 Å². The zero-order valence-electron chi connectivity index (χ0n) is 17.0. The van der Waals surface area contributed by atoms with Crippen molar-refractivity contribution in [2.45, 2.75) is 38.1 Å². The van der Waals surface area contributed by atoms with Crippen LogP contribution < -0.4 is 10.0 Å². The van der Waals surface area contributed by atoms with E-state index in [4.69, 9.17) is 4.74 Å². The Labute approximate surface area is 175 Å². The summed E-state index contributed by atoms with van der Waals surface area (Å²) in [6.07, 6.45) is 0.866. The van der Waals surface area contributed by atoms with E-state index in [9.17, 15) is 22.4 Å².